The maximum absolute atomic E-state index is 12.6. The van der Waals surface area contributed by atoms with Crippen LogP contribution in [0.3, 0.4) is 0 Å². The molecule has 1 saturated heterocycles. The number of amides is 3. The molecule has 2 aromatic rings. The predicted octanol–water partition coefficient (Wildman–Crippen LogP) is 4.35. The monoisotopic (exact) mass is 436 g/mol. The van der Waals surface area contributed by atoms with Crippen molar-refractivity contribution in [3.63, 3.8) is 0 Å². The van der Waals surface area contributed by atoms with E-state index in [0.29, 0.717) is 29.3 Å². The van der Waals surface area contributed by atoms with Crippen LogP contribution in [0.5, 0.6) is 0 Å². The fraction of sp³-hybridized carbons (Fsp3) is 0.400. The average Bonchev–Trinajstić information content (AvgIpc) is 2.78. The Morgan fingerprint density at radius 1 is 0.906 bits per heavy atom. The van der Waals surface area contributed by atoms with Gasteiger partial charge in [-0.25, -0.2) is 0 Å². The molecule has 0 spiro atoms. The molecule has 1 aliphatic rings. The number of piperidine rings is 1. The molecular weight excluding hydrogens is 404 g/mol. The SMILES string of the molecule is CCCC(=O)Nc1cccc(NC(=O)CNc2ccc(C(=O)N3CCC(C)CC3)cc2)c1. The Bertz CT molecular complexity index is 934. The molecule has 0 aliphatic carbocycles. The largest absolute Gasteiger partial charge is 0.376 e. The predicted molar refractivity (Wildman–Crippen MR) is 128 cm³/mol. The number of anilines is 3. The van der Waals surface area contributed by atoms with Gasteiger partial charge in [0.1, 0.15) is 0 Å². The Hall–Kier alpha value is -3.35. The molecule has 3 rings (SSSR count). The second kappa shape index (κ2) is 11.3. The molecule has 0 aromatic heterocycles. The van der Waals surface area contributed by atoms with E-state index in [1.54, 1.807) is 36.4 Å². The molecule has 32 heavy (non-hydrogen) atoms. The number of rotatable bonds is 8. The van der Waals surface area contributed by atoms with Crippen molar-refractivity contribution in [3.05, 3.63) is 54.1 Å². The van der Waals surface area contributed by atoms with Crippen LogP contribution in [0, 0.1) is 5.92 Å². The third-order valence-corrected chi connectivity index (χ3v) is 5.56. The molecule has 1 aliphatic heterocycles. The van der Waals surface area contributed by atoms with Gasteiger partial charge in [-0.15, -0.1) is 0 Å². The molecule has 0 bridgehead atoms. The van der Waals surface area contributed by atoms with E-state index in [1.807, 2.05) is 24.0 Å². The van der Waals surface area contributed by atoms with Crippen molar-refractivity contribution in [2.75, 3.05) is 35.6 Å². The highest BCUT2D eigenvalue weighted by molar-refractivity contribution is 5.96. The maximum Gasteiger partial charge on any atom is 0.253 e. The highest BCUT2D eigenvalue weighted by atomic mass is 16.2. The summed E-state index contributed by atoms with van der Waals surface area (Å²) in [6.45, 7) is 5.88. The van der Waals surface area contributed by atoms with Gasteiger partial charge in [-0.05, 0) is 67.6 Å². The summed E-state index contributed by atoms with van der Waals surface area (Å²) in [4.78, 5) is 38.6. The molecule has 0 radical (unpaired) electrons. The van der Waals surface area contributed by atoms with E-state index in [9.17, 15) is 14.4 Å². The number of nitrogens with one attached hydrogen (secondary N) is 3. The summed E-state index contributed by atoms with van der Waals surface area (Å²) >= 11 is 0. The summed E-state index contributed by atoms with van der Waals surface area (Å²) in [5.74, 6) is 0.491. The van der Waals surface area contributed by atoms with Gasteiger partial charge in [-0.2, -0.15) is 0 Å². The van der Waals surface area contributed by atoms with E-state index in [0.717, 1.165) is 38.0 Å². The molecule has 2 aromatic carbocycles. The Labute approximate surface area is 189 Å². The lowest BCUT2D eigenvalue weighted by Crippen LogP contribution is -2.37. The zero-order valence-electron chi connectivity index (χ0n) is 18.8. The number of hydrogen-bond acceptors (Lipinski definition) is 4. The van der Waals surface area contributed by atoms with Gasteiger partial charge in [0.05, 0.1) is 6.54 Å². The lowest BCUT2D eigenvalue weighted by Gasteiger charge is -2.30. The maximum atomic E-state index is 12.6. The lowest BCUT2D eigenvalue weighted by atomic mass is 9.98. The van der Waals surface area contributed by atoms with Crippen LogP contribution in [0.2, 0.25) is 0 Å². The van der Waals surface area contributed by atoms with Crippen LogP contribution >= 0.6 is 0 Å². The van der Waals surface area contributed by atoms with Gasteiger partial charge in [-0.3, -0.25) is 14.4 Å². The van der Waals surface area contributed by atoms with Crippen LogP contribution in [0.4, 0.5) is 17.1 Å². The number of carbonyl (C=O) groups is 3. The third kappa shape index (κ3) is 6.83. The van der Waals surface area contributed by atoms with E-state index in [4.69, 9.17) is 0 Å². The summed E-state index contributed by atoms with van der Waals surface area (Å²) in [7, 11) is 0. The molecule has 1 heterocycles. The molecule has 3 N–H and O–H groups in total. The quantitative estimate of drug-likeness (QED) is 0.574. The smallest absolute Gasteiger partial charge is 0.253 e. The highest BCUT2D eigenvalue weighted by Gasteiger charge is 2.21. The Kier molecular flexibility index (Phi) is 8.25. The minimum absolute atomic E-state index is 0.0468. The summed E-state index contributed by atoms with van der Waals surface area (Å²) in [6.07, 6.45) is 3.34. The Morgan fingerprint density at radius 2 is 1.53 bits per heavy atom. The van der Waals surface area contributed by atoms with Gasteiger partial charge in [0.2, 0.25) is 11.8 Å². The second-order valence-electron chi connectivity index (χ2n) is 8.33. The third-order valence-electron chi connectivity index (χ3n) is 5.56. The van der Waals surface area contributed by atoms with Crippen molar-refractivity contribution >= 4 is 34.8 Å². The summed E-state index contributed by atoms with van der Waals surface area (Å²) in [5.41, 5.74) is 2.70. The summed E-state index contributed by atoms with van der Waals surface area (Å²) in [5, 5.41) is 8.71. The number of likely N-dealkylation sites (tertiary alicyclic amines) is 1. The number of hydrogen-bond donors (Lipinski definition) is 3. The van der Waals surface area contributed by atoms with E-state index in [2.05, 4.69) is 22.9 Å². The number of benzene rings is 2. The molecule has 170 valence electrons. The zero-order chi connectivity index (χ0) is 22.9. The van der Waals surface area contributed by atoms with Gasteiger partial charge < -0.3 is 20.9 Å². The second-order valence-corrected chi connectivity index (χ2v) is 8.33. The van der Waals surface area contributed by atoms with E-state index in [1.165, 1.54) is 0 Å². The van der Waals surface area contributed by atoms with Gasteiger partial charge in [0, 0.05) is 42.1 Å². The van der Waals surface area contributed by atoms with Crippen molar-refractivity contribution < 1.29 is 14.4 Å². The van der Waals surface area contributed by atoms with Crippen LogP contribution in [-0.4, -0.2) is 42.3 Å². The fourth-order valence-electron chi connectivity index (χ4n) is 3.64. The van der Waals surface area contributed by atoms with Crippen LogP contribution < -0.4 is 16.0 Å². The van der Waals surface area contributed by atoms with Gasteiger partial charge in [-0.1, -0.05) is 19.9 Å². The van der Waals surface area contributed by atoms with Gasteiger partial charge in [0.25, 0.3) is 5.91 Å². The van der Waals surface area contributed by atoms with Crippen LogP contribution in [0.15, 0.2) is 48.5 Å². The zero-order valence-corrected chi connectivity index (χ0v) is 18.8. The van der Waals surface area contributed by atoms with Crippen molar-refractivity contribution in [2.24, 2.45) is 5.92 Å². The highest BCUT2D eigenvalue weighted by Crippen LogP contribution is 2.19. The minimum Gasteiger partial charge on any atom is -0.376 e. The first-order valence-electron chi connectivity index (χ1n) is 11.3. The van der Waals surface area contributed by atoms with Gasteiger partial charge in [0.15, 0.2) is 0 Å². The normalized spacial score (nSPS) is 14.0. The number of carbonyl (C=O) groups excluding carboxylic acids is 3. The average molecular weight is 437 g/mol. The minimum atomic E-state index is -0.204. The molecule has 3 amide bonds. The van der Waals surface area contributed by atoms with Gasteiger partial charge >= 0.3 is 0 Å². The van der Waals surface area contributed by atoms with Crippen molar-refractivity contribution in [1.82, 2.24) is 4.90 Å². The van der Waals surface area contributed by atoms with Crippen molar-refractivity contribution in [1.29, 1.82) is 0 Å². The first-order valence-corrected chi connectivity index (χ1v) is 11.3. The molecule has 7 nitrogen and oxygen atoms in total. The summed E-state index contributed by atoms with van der Waals surface area (Å²) < 4.78 is 0. The number of nitrogens with zero attached hydrogens (tertiary/aromatic N) is 1. The molecule has 7 heteroatoms. The van der Waals surface area contributed by atoms with E-state index < -0.39 is 0 Å². The fourth-order valence-corrected chi connectivity index (χ4v) is 3.64. The Balaban J connectivity index is 1.48. The molecule has 0 saturated carbocycles. The topological polar surface area (TPSA) is 90.5 Å². The standard InChI is InChI=1S/C25H32N4O3/c1-3-5-23(30)27-21-6-4-7-22(16-21)28-24(31)17-26-20-10-8-19(9-11-20)25(32)29-14-12-18(2)13-15-29/h4,6-11,16,18,26H,3,5,12-15,17H2,1-2H3,(H,27,30)(H,28,31). The molecule has 0 atom stereocenters. The molecular formula is C25H32N4O3. The first kappa shape index (κ1) is 23.3. The summed E-state index contributed by atoms with van der Waals surface area (Å²) in [6, 6.07) is 14.3. The lowest BCUT2D eigenvalue weighted by molar-refractivity contribution is -0.116. The van der Waals surface area contributed by atoms with Crippen LogP contribution in [0.1, 0.15) is 49.9 Å². The van der Waals surface area contributed by atoms with Crippen LogP contribution in [-0.2, 0) is 9.59 Å². The van der Waals surface area contributed by atoms with Crippen LogP contribution in [0.25, 0.3) is 0 Å². The Morgan fingerprint density at radius 3 is 2.16 bits per heavy atom. The molecule has 1 fully saturated rings. The molecule has 0 unspecified atom stereocenters. The first-order chi connectivity index (χ1) is 15.4. The van der Waals surface area contributed by atoms with E-state index in [-0.39, 0.29) is 24.3 Å². The van der Waals surface area contributed by atoms with Crippen molar-refractivity contribution in [3.8, 4) is 0 Å². The van der Waals surface area contributed by atoms with Crippen molar-refractivity contribution in [2.45, 2.75) is 39.5 Å². The van der Waals surface area contributed by atoms with E-state index >= 15 is 0 Å².